The average molecular weight is 507 g/mol. The van der Waals surface area contributed by atoms with Crippen LogP contribution in [0.3, 0.4) is 0 Å². The van der Waals surface area contributed by atoms with Gasteiger partial charge in [-0.1, -0.05) is 48.0 Å². The summed E-state index contributed by atoms with van der Waals surface area (Å²) in [7, 11) is 0. The molecule has 0 saturated carbocycles. The number of carbonyl (C=O) groups is 1. The molecule has 9 heteroatoms. The van der Waals surface area contributed by atoms with Crippen molar-refractivity contribution in [2.45, 2.75) is 6.42 Å². The monoisotopic (exact) mass is 506 g/mol. The number of aromatic nitrogens is 1. The van der Waals surface area contributed by atoms with E-state index in [1.807, 2.05) is 35.7 Å². The second kappa shape index (κ2) is 10.2. The molecule has 176 valence electrons. The maximum absolute atomic E-state index is 14.4. The van der Waals surface area contributed by atoms with Crippen molar-refractivity contribution in [3.63, 3.8) is 0 Å². The summed E-state index contributed by atoms with van der Waals surface area (Å²) < 4.78 is 21.5. The van der Waals surface area contributed by atoms with Gasteiger partial charge in [-0.3, -0.25) is 9.79 Å². The zero-order valence-electron chi connectivity index (χ0n) is 18.4. The van der Waals surface area contributed by atoms with Crippen LogP contribution in [0.4, 0.5) is 10.1 Å². The molecular formula is C26H20ClFN4O2S. The molecule has 1 aromatic heterocycles. The van der Waals surface area contributed by atoms with E-state index in [1.165, 1.54) is 29.2 Å². The summed E-state index contributed by atoms with van der Waals surface area (Å²) in [6.07, 6.45) is 2.17. The van der Waals surface area contributed by atoms with Gasteiger partial charge in [-0.25, -0.2) is 9.07 Å². The summed E-state index contributed by atoms with van der Waals surface area (Å²) in [5, 5.41) is 9.57. The number of fused-ring (bicyclic) bond motifs is 1. The second-order valence-electron chi connectivity index (χ2n) is 7.76. The van der Waals surface area contributed by atoms with E-state index in [0.717, 1.165) is 17.7 Å². The summed E-state index contributed by atoms with van der Waals surface area (Å²) in [5.74, 6) is -0.0731. The predicted molar refractivity (Wildman–Crippen MR) is 137 cm³/mol. The first kappa shape index (κ1) is 23.0. The zero-order valence-corrected chi connectivity index (χ0v) is 20.0. The van der Waals surface area contributed by atoms with Gasteiger partial charge in [-0.2, -0.15) is 5.10 Å². The summed E-state index contributed by atoms with van der Waals surface area (Å²) in [6.45, 7) is 0.553. The molecule has 1 N–H and O–H groups in total. The van der Waals surface area contributed by atoms with Crippen molar-refractivity contribution in [3.8, 4) is 17.0 Å². The number of anilines is 1. The number of halogens is 2. The van der Waals surface area contributed by atoms with E-state index < -0.39 is 5.82 Å². The van der Waals surface area contributed by atoms with Crippen LogP contribution in [-0.2, 0) is 11.2 Å². The Morgan fingerprint density at radius 3 is 2.83 bits per heavy atom. The minimum atomic E-state index is -0.463. The molecular weight excluding hydrogens is 487 g/mol. The first-order valence-electron chi connectivity index (χ1n) is 10.9. The Bertz CT molecular complexity index is 1460. The maximum atomic E-state index is 14.4. The van der Waals surface area contributed by atoms with E-state index in [9.17, 15) is 9.18 Å². The highest BCUT2D eigenvalue weighted by Crippen LogP contribution is 2.33. The number of hydrogen-bond donors (Lipinski definition) is 1. The third-order valence-corrected chi connectivity index (χ3v) is 6.57. The van der Waals surface area contributed by atoms with Gasteiger partial charge in [0.15, 0.2) is 6.61 Å². The first-order chi connectivity index (χ1) is 17.1. The molecule has 0 fully saturated rings. The van der Waals surface area contributed by atoms with Crippen LogP contribution < -0.4 is 14.9 Å². The Labute approximate surface area is 210 Å². The van der Waals surface area contributed by atoms with Crippen molar-refractivity contribution in [2.75, 3.05) is 18.5 Å². The van der Waals surface area contributed by atoms with E-state index in [4.69, 9.17) is 21.3 Å². The number of amides is 1. The Hall–Kier alpha value is -3.75. The Balaban J connectivity index is 1.54. The molecule has 6 nitrogen and oxygen atoms in total. The van der Waals surface area contributed by atoms with Crippen LogP contribution in [0.1, 0.15) is 11.1 Å². The van der Waals surface area contributed by atoms with Crippen LogP contribution >= 0.6 is 22.9 Å². The summed E-state index contributed by atoms with van der Waals surface area (Å²) in [5.41, 5.74) is 3.50. The number of benzene rings is 3. The molecule has 0 saturated heterocycles. The van der Waals surface area contributed by atoms with Crippen molar-refractivity contribution in [1.82, 2.24) is 4.68 Å². The Morgan fingerprint density at radius 1 is 1.14 bits per heavy atom. The molecule has 0 bridgehead atoms. The van der Waals surface area contributed by atoms with Crippen LogP contribution in [0.15, 0.2) is 82.2 Å². The summed E-state index contributed by atoms with van der Waals surface area (Å²) in [6, 6.07) is 20.1. The highest BCUT2D eigenvalue weighted by Gasteiger charge is 2.18. The van der Waals surface area contributed by atoms with Crippen LogP contribution in [0, 0.1) is 5.82 Å². The quantitative estimate of drug-likeness (QED) is 0.357. The summed E-state index contributed by atoms with van der Waals surface area (Å²) >= 11 is 7.62. The molecule has 3 aromatic carbocycles. The number of nitrogens with zero attached hydrogens (tertiary/aromatic N) is 3. The van der Waals surface area contributed by atoms with E-state index in [1.54, 1.807) is 22.9 Å². The van der Waals surface area contributed by atoms with E-state index in [2.05, 4.69) is 22.6 Å². The average Bonchev–Trinajstić information content (AvgIpc) is 3.26. The smallest absolute Gasteiger partial charge is 0.262 e. The van der Waals surface area contributed by atoms with Gasteiger partial charge in [-0.15, -0.1) is 11.3 Å². The molecule has 5 rings (SSSR count). The van der Waals surface area contributed by atoms with E-state index in [0.29, 0.717) is 22.8 Å². The number of ether oxygens (including phenoxy) is 1. The molecule has 4 aromatic rings. The first-order valence-corrected chi connectivity index (χ1v) is 12.1. The Morgan fingerprint density at radius 2 is 2.00 bits per heavy atom. The SMILES string of the molecule is O=C1COc2ccc(-c3csc(=NCCc4ccccc4)n3N=Cc3c(F)cccc3Cl)cc2N1. The van der Waals surface area contributed by atoms with Gasteiger partial charge in [0.05, 0.1) is 22.6 Å². The highest BCUT2D eigenvalue weighted by molar-refractivity contribution is 7.07. The van der Waals surface area contributed by atoms with Gasteiger partial charge in [0, 0.05) is 23.1 Å². The molecule has 0 atom stereocenters. The summed E-state index contributed by atoms with van der Waals surface area (Å²) in [4.78, 5) is 17.2. The number of carbonyl (C=O) groups excluding carboxylic acids is 1. The van der Waals surface area contributed by atoms with Gasteiger partial charge < -0.3 is 10.1 Å². The van der Waals surface area contributed by atoms with Gasteiger partial charge in [0.2, 0.25) is 4.80 Å². The Kier molecular flexibility index (Phi) is 6.74. The van der Waals surface area contributed by atoms with E-state index >= 15 is 0 Å². The molecule has 1 aliphatic rings. The van der Waals surface area contributed by atoms with Gasteiger partial charge >= 0.3 is 0 Å². The molecule has 0 radical (unpaired) electrons. The predicted octanol–water partition coefficient (Wildman–Crippen LogP) is 5.37. The normalized spacial score (nSPS) is 13.5. The molecule has 2 heterocycles. The van der Waals surface area contributed by atoms with Crippen molar-refractivity contribution >= 4 is 40.7 Å². The lowest BCUT2D eigenvalue weighted by molar-refractivity contribution is -0.118. The minimum Gasteiger partial charge on any atom is -0.482 e. The van der Waals surface area contributed by atoms with Crippen molar-refractivity contribution in [1.29, 1.82) is 0 Å². The standard InChI is InChI=1S/C26H20ClFN4O2S/c27-20-7-4-8-21(28)19(20)14-30-32-23(18-9-10-24-22(13-18)31-25(33)15-34-24)16-35-26(32)29-12-11-17-5-2-1-3-6-17/h1-10,13-14,16H,11-12,15H2,(H,31,33). The van der Waals surface area contributed by atoms with Gasteiger partial charge in [0.1, 0.15) is 11.6 Å². The largest absolute Gasteiger partial charge is 0.482 e. The number of rotatable bonds is 6. The van der Waals surface area contributed by atoms with Crippen LogP contribution in [0.5, 0.6) is 5.75 Å². The third-order valence-electron chi connectivity index (χ3n) is 5.39. The zero-order chi connectivity index (χ0) is 24.2. The van der Waals surface area contributed by atoms with Crippen molar-refractivity contribution in [2.24, 2.45) is 10.1 Å². The fourth-order valence-corrected chi connectivity index (χ4v) is 4.71. The topological polar surface area (TPSA) is 68.0 Å². The van der Waals surface area contributed by atoms with Crippen LogP contribution in [-0.4, -0.2) is 29.9 Å². The fraction of sp³-hybridized carbons (Fsp3) is 0.115. The lowest BCUT2D eigenvalue weighted by Gasteiger charge is -2.18. The number of thiazole rings is 1. The molecule has 1 amide bonds. The molecule has 0 spiro atoms. The number of nitrogens with one attached hydrogen (secondary N) is 1. The fourth-order valence-electron chi connectivity index (χ4n) is 3.63. The van der Waals surface area contributed by atoms with Crippen LogP contribution in [0.25, 0.3) is 11.3 Å². The van der Waals surface area contributed by atoms with Crippen molar-refractivity contribution < 1.29 is 13.9 Å². The van der Waals surface area contributed by atoms with Crippen LogP contribution in [0.2, 0.25) is 5.02 Å². The minimum absolute atomic E-state index is 0.0110. The molecule has 1 aliphatic heterocycles. The van der Waals surface area contributed by atoms with E-state index in [-0.39, 0.29) is 23.1 Å². The molecule has 0 aliphatic carbocycles. The lowest BCUT2D eigenvalue weighted by atomic mass is 10.1. The van der Waals surface area contributed by atoms with Crippen molar-refractivity contribution in [3.05, 3.63) is 98.9 Å². The number of hydrogen-bond acceptors (Lipinski definition) is 5. The van der Waals surface area contributed by atoms with Gasteiger partial charge in [-0.05, 0) is 42.3 Å². The second-order valence-corrected chi connectivity index (χ2v) is 9.00. The molecule has 0 unspecified atom stereocenters. The third kappa shape index (κ3) is 5.18. The molecule has 35 heavy (non-hydrogen) atoms. The maximum Gasteiger partial charge on any atom is 0.262 e. The van der Waals surface area contributed by atoms with Gasteiger partial charge in [0.25, 0.3) is 5.91 Å². The lowest BCUT2D eigenvalue weighted by Crippen LogP contribution is -2.25. The highest BCUT2D eigenvalue weighted by atomic mass is 35.5.